The van der Waals surface area contributed by atoms with Gasteiger partial charge in [-0.1, -0.05) is 17.7 Å². The summed E-state index contributed by atoms with van der Waals surface area (Å²) in [5, 5.41) is 5.39. The number of anilines is 1. The fraction of sp³-hybridized carbons (Fsp3) is 0.118. The quantitative estimate of drug-likeness (QED) is 0.705. The van der Waals surface area contributed by atoms with Crippen molar-refractivity contribution in [3.8, 4) is 11.3 Å². The highest BCUT2D eigenvalue weighted by molar-refractivity contribution is 8.00. The monoisotopic (exact) mass is 341 g/mol. The molecule has 1 aromatic carbocycles. The van der Waals surface area contributed by atoms with Crippen LogP contribution in [0.1, 0.15) is 5.56 Å². The van der Waals surface area contributed by atoms with Gasteiger partial charge in [0.15, 0.2) is 5.13 Å². The molecule has 2 aromatic heterocycles. The van der Waals surface area contributed by atoms with Crippen LogP contribution in [-0.4, -0.2) is 21.6 Å². The van der Waals surface area contributed by atoms with E-state index in [0.29, 0.717) is 10.9 Å². The molecule has 0 spiro atoms. The minimum Gasteiger partial charge on any atom is -0.301 e. The van der Waals surface area contributed by atoms with Gasteiger partial charge in [-0.2, -0.15) is 0 Å². The van der Waals surface area contributed by atoms with E-state index >= 15 is 0 Å². The molecule has 0 aliphatic carbocycles. The third kappa shape index (κ3) is 4.40. The van der Waals surface area contributed by atoms with Crippen molar-refractivity contribution in [3.05, 3.63) is 59.7 Å². The summed E-state index contributed by atoms with van der Waals surface area (Å²) in [7, 11) is 0. The average molecular weight is 341 g/mol. The van der Waals surface area contributed by atoms with Crippen LogP contribution >= 0.6 is 23.1 Å². The van der Waals surface area contributed by atoms with Gasteiger partial charge in [0, 0.05) is 28.2 Å². The Labute approximate surface area is 143 Å². The molecular formula is C17H15N3OS2. The van der Waals surface area contributed by atoms with Gasteiger partial charge in [-0.3, -0.25) is 9.78 Å². The highest BCUT2D eigenvalue weighted by atomic mass is 32.2. The Morgan fingerprint density at radius 3 is 2.65 bits per heavy atom. The molecule has 0 radical (unpaired) electrons. The summed E-state index contributed by atoms with van der Waals surface area (Å²) in [6.45, 7) is 2.05. The van der Waals surface area contributed by atoms with Crippen LogP contribution in [-0.2, 0) is 4.79 Å². The number of benzene rings is 1. The normalized spacial score (nSPS) is 10.5. The second kappa shape index (κ2) is 7.39. The maximum absolute atomic E-state index is 12.0. The number of carbonyl (C=O) groups is 1. The molecule has 0 bridgehead atoms. The van der Waals surface area contributed by atoms with Crippen molar-refractivity contribution in [1.29, 1.82) is 0 Å². The molecule has 0 atom stereocenters. The van der Waals surface area contributed by atoms with Gasteiger partial charge in [0.1, 0.15) is 0 Å². The molecule has 23 heavy (non-hydrogen) atoms. The van der Waals surface area contributed by atoms with Crippen LogP contribution in [0.3, 0.4) is 0 Å². The highest BCUT2D eigenvalue weighted by Gasteiger charge is 2.08. The number of hydrogen-bond donors (Lipinski definition) is 1. The van der Waals surface area contributed by atoms with Crippen LogP contribution in [0, 0.1) is 6.92 Å². The lowest BCUT2D eigenvalue weighted by Crippen LogP contribution is -2.13. The van der Waals surface area contributed by atoms with Crippen molar-refractivity contribution >= 4 is 34.1 Å². The lowest BCUT2D eigenvalue weighted by Gasteiger charge is -2.02. The molecule has 0 aliphatic heterocycles. The number of nitrogens with zero attached hydrogens (tertiary/aromatic N) is 2. The summed E-state index contributed by atoms with van der Waals surface area (Å²) in [6.07, 6.45) is 3.45. The predicted molar refractivity (Wildman–Crippen MR) is 95.9 cm³/mol. The van der Waals surface area contributed by atoms with Crippen molar-refractivity contribution in [2.24, 2.45) is 0 Å². The van der Waals surface area contributed by atoms with E-state index in [1.807, 2.05) is 48.7 Å². The van der Waals surface area contributed by atoms with Gasteiger partial charge in [-0.05, 0) is 31.2 Å². The number of aryl methyl sites for hydroxylation is 1. The summed E-state index contributed by atoms with van der Waals surface area (Å²) in [4.78, 5) is 21.5. The molecule has 0 saturated heterocycles. The van der Waals surface area contributed by atoms with Gasteiger partial charge in [-0.15, -0.1) is 23.1 Å². The van der Waals surface area contributed by atoms with Gasteiger partial charge < -0.3 is 5.32 Å². The Bertz CT molecular complexity index is 785. The van der Waals surface area contributed by atoms with Crippen molar-refractivity contribution in [2.75, 3.05) is 11.1 Å². The molecule has 116 valence electrons. The van der Waals surface area contributed by atoms with Crippen LogP contribution in [0.15, 0.2) is 59.1 Å². The van der Waals surface area contributed by atoms with Crippen LogP contribution < -0.4 is 5.32 Å². The van der Waals surface area contributed by atoms with E-state index in [2.05, 4.69) is 15.3 Å². The maximum Gasteiger partial charge on any atom is 0.236 e. The number of aromatic nitrogens is 2. The largest absolute Gasteiger partial charge is 0.301 e. The standard InChI is InChI=1S/C17H15N3OS2/c1-12-2-4-14(5-3-12)22-11-16(21)20-17-19-15(10-23-17)13-6-8-18-9-7-13/h2-10H,11H2,1H3,(H,19,20,21). The first-order valence-corrected chi connectivity index (χ1v) is 8.92. The molecule has 1 N–H and O–H groups in total. The summed E-state index contributed by atoms with van der Waals surface area (Å²) >= 11 is 2.94. The average Bonchev–Trinajstić information content (AvgIpc) is 3.04. The minimum absolute atomic E-state index is 0.0498. The Kier molecular flexibility index (Phi) is 5.05. The first kappa shape index (κ1) is 15.7. The topological polar surface area (TPSA) is 54.9 Å². The zero-order valence-corrected chi connectivity index (χ0v) is 14.2. The molecule has 3 aromatic rings. The van der Waals surface area contributed by atoms with Gasteiger partial charge >= 0.3 is 0 Å². The first-order valence-electron chi connectivity index (χ1n) is 7.06. The number of nitrogens with one attached hydrogen (secondary N) is 1. The third-order valence-corrected chi connectivity index (χ3v) is 4.89. The first-order chi connectivity index (χ1) is 11.2. The van der Waals surface area contributed by atoms with Crippen LogP contribution in [0.4, 0.5) is 5.13 Å². The molecule has 1 amide bonds. The fourth-order valence-corrected chi connectivity index (χ4v) is 3.36. The molecule has 6 heteroatoms. The summed E-state index contributed by atoms with van der Waals surface area (Å²) in [6, 6.07) is 11.9. The lowest BCUT2D eigenvalue weighted by molar-refractivity contribution is -0.113. The van der Waals surface area contributed by atoms with E-state index in [1.165, 1.54) is 28.7 Å². The second-order valence-electron chi connectivity index (χ2n) is 4.92. The van der Waals surface area contributed by atoms with Crippen LogP contribution in [0.25, 0.3) is 11.3 Å². The summed E-state index contributed by atoms with van der Waals surface area (Å²) < 4.78 is 0. The van der Waals surface area contributed by atoms with E-state index in [0.717, 1.165) is 16.2 Å². The molecule has 0 fully saturated rings. The van der Waals surface area contributed by atoms with Crippen molar-refractivity contribution in [3.63, 3.8) is 0 Å². The van der Waals surface area contributed by atoms with Crippen molar-refractivity contribution in [2.45, 2.75) is 11.8 Å². The predicted octanol–water partition coefficient (Wildman–Crippen LogP) is 4.24. The Balaban J connectivity index is 1.56. The molecule has 0 aliphatic rings. The maximum atomic E-state index is 12.0. The Morgan fingerprint density at radius 1 is 1.17 bits per heavy atom. The number of rotatable bonds is 5. The number of hydrogen-bond acceptors (Lipinski definition) is 5. The van der Waals surface area contributed by atoms with Crippen molar-refractivity contribution in [1.82, 2.24) is 9.97 Å². The van der Waals surface area contributed by atoms with Crippen LogP contribution in [0.5, 0.6) is 0 Å². The van der Waals surface area contributed by atoms with Crippen LogP contribution in [0.2, 0.25) is 0 Å². The summed E-state index contributed by atoms with van der Waals surface area (Å²) in [5.74, 6) is 0.318. The van der Waals surface area contributed by atoms with E-state index < -0.39 is 0 Å². The Hall–Kier alpha value is -2.18. The zero-order chi connectivity index (χ0) is 16.1. The number of pyridine rings is 1. The van der Waals surface area contributed by atoms with E-state index in [1.54, 1.807) is 12.4 Å². The second-order valence-corrected chi connectivity index (χ2v) is 6.83. The zero-order valence-electron chi connectivity index (χ0n) is 12.5. The Morgan fingerprint density at radius 2 is 1.91 bits per heavy atom. The fourth-order valence-electron chi connectivity index (χ4n) is 1.93. The van der Waals surface area contributed by atoms with Crippen molar-refractivity contribution < 1.29 is 4.79 Å². The SMILES string of the molecule is Cc1ccc(SCC(=O)Nc2nc(-c3ccncc3)cs2)cc1. The molecular weight excluding hydrogens is 326 g/mol. The molecule has 4 nitrogen and oxygen atoms in total. The number of thioether (sulfide) groups is 1. The molecule has 2 heterocycles. The van der Waals surface area contributed by atoms with E-state index in [4.69, 9.17) is 0 Å². The smallest absolute Gasteiger partial charge is 0.236 e. The molecule has 0 saturated carbocycles. The van der Waals surface area contributed by atoms with E-state index in [9.17, 15) is 4.79 Å². The molecule has 3 rings (SSSR count). The number of amides is 1. The number of thiazole rings is 1. The number of carbonyl (C=O) groups excluding carboxylic acids is 1. The van der Waals surface area contributed by atoms with E-state index in [-0.39, 0.29) is 5.91 Å². The van der Waals surface area contributed by atoms with Gasteiger partial charge in [0.2, 0.25) is 5.91 Å². The summed E-state index contributed by atoms with van der Waals surface area (Å²) in [5.41, 5.74) is 3.05. The van der Waals surface area contributed by atoms with Gasteiger partial charge in [0.05, 0.1) is 11.4 Å². The van der Waals surface area contributed by atoms with Gasteiger partial charge in [-0.25, -0.2) is 4.98 Å². The minimum atomic E-state index is -0.0498. The van der Waals surface area contributed by atoms with Gasteiger partial charge in [0.25, 0.3) is 0 Å². The molecule has 0 unspecified atom stereocenters. The third-order valence-electron chi connectivity index (χ3n) is 3.12. The highest BCUT2D eigenvalue weighted by Crippen LogP contribution is 2.25. The lowest BCUT2D eigenvalue weighted by atomic mass is 10.2.